The number of carbonyl (C=O) groups excluding carboxylic acids is 1. The van der Waals surface area contributed by atoms with Crippen LogP contribution in [0.1, 0.15) is 42.1 Å². The van der Waals surface area contributed by atoms with E-state index in [1.54, 1.807) is 0 Å². The molecule has 2 aromatic rings. The van der Waals surface area contributed by atoms with Crippen LogP contribution in [-0.2, 0) is 12.8 Å². The second-order valence-corrected chi connectivity index (χ2v) is 5.21. The van der Waals surface area contributed by atoms with Crippen LogP contribution >= 0.6 is 11.3 Å². The summed E-state index contributed by atoms with van der Waals surface area (Å²) < 4.78 is 1.48. The SMILES string of the molecule is CCc1nc(CC)n(-c2sc(C(C)=O)cc2[N+](=O)[O-])n1. The molecule has 0 atom stereocenters. The summed E-state index contributed by atoms with van der Waals surface area (Å²) in [6, 6.07) is 1.30. The number of thiophene rings is 1. The number of nitrogens with zero attached hydrogens (tertiary/aromatic N) is 4. The summed E-state index contributed by atoms with van der Waals surface area (Å²) in [6.45, 7) is 5.22. The van der Waals surface area contributed by atoms with Gasteiger partial charge in [-0.3, -0.25) is 14.9 Å². The van der Waals surface area contributed by atoms with E-state index in [0.717, 1.165) is 11.3 Å². The van der Waals surface area contributed by atoms with E-state index in [2.05, 4.69) is 10.1 Å². The molecule has 0 spiro atoms. The normalized spacial score (nSPS) is 10.8. The zero-order chi connectivity index (χ0) is 14.9. The molecule has 2 rings (SSSR count). The van der Waals surface area contributed by atoms with Gasteiger partial charge in [0.05, 0.1) is 9.80 Å². The Bertz CT molecular complexity index is 674. The number of ketones is 1. The first-order chi connectivity index (χ1) is 9.47. The average Bonchev–Trinajstić information content (AvgIpc) is 3.01. The summed E-state index contributed by atoms with van der Waals surface area (Å²) in [5.41, 5.74) is -0.109. The second-order valence-electron chi connectivity index (χ2n) is 4.18. The molecule has 0 aromatic carbocycles. The van der Waals surface area contributed by atoms with E-state index in [0.29, 0.717) is 34.4 Å². The van der Waals surface area contributed by atoms with Crippen molar-refractivity contribution in [3.05, 3.63) is 32.7 Å². The van der Waals surface area contributed by atoms with Crippen molar-refractivity contribution in [2.75, 3.05) is 0 Å². The Morgan fingerprint density at radius 1 is 1.45 bits per heavy atom. The maximum absolute atomic E-state index is 11.4. The number of hydrogen-bond acceptors (Lipinski definition) is 6. The fourth-order valence-electron chi connectivity index (χ4n) is 1.76. The zero-order valence-electron chi connectivity index (χ0n) is 11.4. The highest BCUT2D eigenvalue weighted by Gasteiger charge is 2.25. The summed E-state index contributed by atoms with van der Waals surface area (Å²) in [5.74, 6) is 1.09. The van der Waals surface area contributed by atoms with Crippen molar-refractivity contribution >= 4 is 22.8 Å². The molecule has 0 unspecified atom stereocenters. The van der Waals surface area contributed by atoms with Crippen molar-refractivity contribution < 1.29 is 9.72 Å². The Kier molecular flexibility index (Phi) is 3.93. The van der Waals surface area contributed by atoms with Crippen LogP contribution in [0.4, 0.5) is 5.69 Å². The smallest absolute Gasteiger partial charge is 0.294 e. The molecule has 0 amide bonds. The van der Waals surface area contributed by atoms with E-state index < -0.39 is 4.92 Å². The van der Waals surface area contributed by atoms with Crippen molar-refractivity contribution in [3.63, 3.8) is 0 Å². The number of rotatable bonds is 5. The largest absolute Gasteiger partial charge is 0.306 e. The minimum Gasteiger partial charge on any atom is -0.294 e. The van der Waals surface area contributed by atoms with Crippen molar-refractivity contribution in [1.82, 2.24) is 14.8 Å². The van der Waals surface area contributed by atoms with Crippen LogP contribution in [0.3, 0.4) is 0 Å². The minimum absolute atomic E-state index is 0.109. The van der Waals surface area contributed by atoms with Gasteiger partial charge < -0.3 is 0 Å². The summed E-state index contributed by atoms with van der Waals surface area (Å²) >= 11 is 1.07. The molecule has 0 bridgehead atoms. The van der Waals surface area contributed by atoms with E-state index in [-0.39, 0.29) is 11.5 Å². The number of carbonyl (C=O) groups is 1. The lowest BCUT2D eigenvalue weighted by atomic mass is 10.3. The van der Waals surface area contributed by atoms with Gasteiger partial charge in [-0.15, -0.1) is 11.3 Å². The van der Waals surface area contributed by atoms with E-state index in [9.17, 15) is 14.9 Å². The Morgan fingerprint density at radius 2 is 2.15 bits per heavy atom. The molecule has 8 heteroatoms. The lowest BCUT2D eigenvalue weighted by molar-refractivity contribution is -0.384. The molecule has 20 heavy (non-hydrogen) atoms. The van der Waals surface area contributed by atoms with Gasteiger partial charge in [0.2, 0.25) is 0 Å². The van der Waals surface area contributed by atoms with Gasteiger partial charge in [-0.05, 0) is 6.92 Å². The predicted molar refractivity (Wildman–Crippen MR) is 74.7 cm³/mol. The summed E-state index contributed by atoms with van der Waals surface area (Å²) in [4.78, 5) is 26.8. The highest BCUT2D eigenvalue weighted by Crippen LogP contribution is 2.33. The first kappa shape index (κ1) is 14.3. The molecule has 0 saturated heterocycles. The molecule has 2 heterocycles. The van der Waals surface area contributed by atoms with Gasteiger partial charge in [0.1, 0.15) is 5.82 Å². The third-order valence-corrected chi connectivity index (χ3v) is 3.98. The van der Waals surface area contributed by atoms with Crippen LogP contribution in [0.15, 0.2) is 6.07 Å². The lowest BCUT2D eigenvalue weighted by Crippen LogP contribution is -2.02. The predicted octanol–water partition coefficient (Wildman–Crippen LogP) is 2.56. The molecule has 2 aromatic heterocycles. The highest BCUT2D eigenvalue weighted by molar-refractivity contribution is 7.17. The third-order valence-electron chi connectivity index (χ3n) is 2.78. The minimum atomic E-state index is -0.495. The molecule has 0 aliphatic heterocycles. The number of nitro groups is 1. The topological polar surface area (TPSA) is 90.9 Å². The molecule has 7 nitrogen and oxygen atoms in total. The third kappa shape index (κ3) is 2.46. The van der Waals surface area contributed by atoms with Crippen LogP contribution in [0, 0.1) is 10.1 Å². The fraction of sp³-hybridized carbons (Fsp3) is 0.417. The maximum atomic E-state index is 11.4. The Morgan fingerprint density at radius 3 is 2.65 bits per heavy atom. The summed E-state index contributed by atoms with van der Waals surface area (Å²) in [7, 11) is 0. The Labute approximate surface area is 119 Å². The van der Waals surface area contributed by atoms with E-state index in [1.807, 2.05) is 13.8 Å². The Balaban J connectivity index is 2.64. The molecule has 0 radical (unpaired) electrons. The molecular formula is C12H14N4O3S. The van der Waals surface area contributed by atoms with Crippen molar-refractivity contribution in [2.24, 2.45) is 0 Å². The summed E-state index contributed by atoms with van der Waals surface area (Å²) in [5, 5.41) is 15.8. The molecule has 0 aliphatic rings. The molecule has 0 aliphatic carbocycles. The molecule has 0 saturated carbocycles. The van der Waals surface area contributed by atoms with E-state index in [1.165, 1.54) is 17.7 Å². The Hall–Kier alpha value is -2.09. The zero-order valence-corrected chi connectivity index (χ0v) is 12.2. The molecule has 0 N–H and O–H groups in total. The lowest BCUT2D eigenvalue weighted by Gasteiger charge is -2.00. The van der Waals surface area contributed by atoms with Gasteiger partial charge in [-0.2, -0.15) is 5.10 Å². The van der Waals surface area contributed by atoms with Crippen LogP contribution in [0.2, 0.25) is 0 Å². The quantitative estimate of drug-likeness (QED) is 0.480. The average molecular weight is 294 g/mol. The van der Waals surface area contributed by atoms with Crippen LogP contribution in [0.25, 0.3) is 5.00 Å². The van der Waals surface area contributed by atoms with E-state index >= 15 is 0 Å². The standard InChI is InChI=1S/C12H14N4O3S/c1-4-10-13-11(5-2)15(14-10)12-8(16(18)19)6-9(20-12)7(3)17/h6H,4-5H2,1-3H3. The second kappa shape index (κ2) is 5.49. The number of aromatic nitrogens is 3. The first-order valence-electron chi connectivity index (χ1n) is 6.22. The van der Waals surface area contributed by atoms with Crippen molar-refractivity contribution in [1.29, 1.82) is 0 Å². The van der Waals surface area contributed by atoms with Crippen LogP contribution in [-0.4, -0.2) is 25.5 Å². The molecular weight excluding hydrogens is 280 g/mol. The fourth-order valence-corrected chi connectivity index (χ4v) is 2.75. The van der Waals surface area contributed by atoms with Gasteiger partial charge in [0.15, 0.2) is 16.6 Å². The number of hydrogen-bond donors (Lipinski definition) is 0. The summed E-state index contributed by atoms with van der Waals surface area (Å²) in [6.07, 6.45) is 1.26. The van der Waals surface area contributed by atoms with Gasteiger partial charge >= 0.3 is 5.69 Å². The van der Waals surface area contributed by atoms with Crippen molar-refractivity contribution in [3.8, 4) is 5.00 Å². The van der Waals surface area contributed by atoms with E-state index in [4.69, 9.17) is 0 Å². The van der Waals surface area contributed by atoms with Crippen LogP contribution < -0.4 is 0 Å². The first-order valence-corrected chi connectivity index (χ1v) is 7.03. The molecule has 0 fully saturated rings. The van der Waals surface area contributed by atoms with Gasteiger partial charge in [0, 0.05) is 18.9 Å². The number of aryl methyl sites for hydroxylation is 2. The number of Topliss-reactive ketones (excluding diaryl/α,β-unsaturated/α-hetero) is 1. The van der Waals surface area contributed by atoms with Crippen molar-refractivity contribution in [2.45, 2.75) is 33.6 Å². The van der Waals surface area contributed by atoms with Gasteiger partial charge in [-0.1, -0.05) is 13.8 Å². The van der Waals surface area contributed by atoms with Gasteiger partial charge in [0.25, 0.3) is 0 Å². The molecule has 106 valence electrons. The highest BCUT2D eigenvalue weighted by atomic mass is 32.1. The van der Waals surface area contributed by atoms with Gasteiger partial charge in [-0.25, -0.2) is 9.67 Å². The maximum Gasteiger partial charge on any atom is 0.306 e. The monoisotopic (exact) mass is 294 g/mol. The van der Waals surface area contributed by atoms with Crippen LogP contribution in [0.5, 0.6) is 0 Å².